The summed E-state index contributed by atoms with van der Waals surface area (Å²) in [4.78, 5) is 52.2. The largest absolute Gasteiger partial charge is 0.476 e. The molecule has 3 aromatic heterocycles. The molecule has 2 aliphatic heterocycles. The summed E-state index contributed by atoms with van der Waals surface area (Å²) in [6, 6.07) is 21.7. The van der Waals surface area contributed by atoms with Crippen LogP contribution in [0.1, 0.15) is 40.8 Å². The lowest BCUT2D eigenvalue weighted by molar-refractivity contribution is -0.129. The SMILES string of the molecule is CC(CN(C)S(=O)(=O)c1cc(NC(=O)c2cc3cc(-c4ccncc4F)cnc3s2)ccc1Cl)N1CCN(c2ccc(NC(=O)c3ccc4c(c3)NC(=O)C(C)(C)O4)cc2)CC1. The number of aromatic nitrogens is 2. The number of anilines is 4. The number of carbonyl (C=O) groups is 3. The summed E-state index contributed by atoms with van der Waals surface area (Å²) in [7, 11) is -2.55. The van der Waals surface area contributed by atoms with E-state index in [0.29, 0.717) is 75.1 Å². The second-order valence-corrected chi connectivity index (χ2v) is 19.1. The average molecular weight is 897 g/mol. The number of thiophene rings is 1. The average Bonchev–Trinajstić information content (AvgIpc) is 3.69. The summed E-state index contributed by atoms with van der Waals surface area (Å²) < 4.78 is 49.2. The molecule has 8 rings (SSSR count). The van der Waals surface area contributed by atoms with Crippen LogP contribution in [0, 0.1) is 5.82 Å². The van der Waals surface area contributed by atoms with Gasteiger partial charge in [0.1, 0.15) is 21.3 Å². The normalized spacial score (nSPS) is 15.7. The number of hydrogen-bond donors (Lipinski definition) is 3. The molecule has 62 heavy (non-hydrogen) atoms. The second-order valence-electron chi connectivity index (χ2n) is 15.6. The molecular formula is C44H42ClFN8O6S2. The van der Waals surface area contributed by atoms with Crippen molar-refractivity contribution in [3.63, 3.8) is 0 Å². The number of rotatable bonds is 11. The Morgan fingerprint density at radius 3 is 2.44 bits per heavy atom. The number of hydrogen-bond acceptors (Lipinski definition) is 11. The summed E-state index contributed by atoms with van der Waals surface area (Å²) in [5.41, 5.74) is 2.57. The first-order valence-electron chi connectivity index (χ1n) is 19.7. The Morgan fingerprint density at radius 1 is 0.968 bits per heavy atom. The number of nitrogens with zero attached hydrogens (tertiary/aromatic N) is 5. The van der Waals surface area contributed by atoms with Gasteiger partial charge < -0.3 is 25.6 Å². The molecule has 2 aliphatic rings. The van der Waals surface area contributed by atoms with Crippen LogP contribution in [-0.2, 0) is 14.8 Å². The van der Waals surface area contributed by atoms with Crippen molar-refractivity contribution >= 4 is 83.6 Å². The Balaban J connectivity index is 0.843. The van der Waals surface area contributed by atoms with E-state index in [1.807, 2.05) is 31.2 Å². The number of piperazine rings is 1. The van der Waals surface area contributed by atoms with Gasteiger partial charge in [0.25, 0.3) is 17.7 Å². The number of likely N-dealkylation sites (N-methyl/N-ethyl adjacent to an activating group) is 1. The molecule has 3 amide bonds. The van der Waals surface area contributed by atoms with Crippen LogP contribution in [0.5, 0.6) is 5.75 Å². The van der Waals surface area contributed by atoms with Gasteiger partial charge in [-0.05, 0) is 99.6 Å². The Kier molecular flexibility index (Phi) is 11.7. The minimum atomic E-state index is -4.06. The zero-order chi connectivity index (χ0) is 43.9. The summed E-state index contributed by atoms with van der Waals surface area (Å²) in [6.07, 6.45) is 4.16. The van der Waals surface area contributed by atoms with Crippen LogP contribution in [0.25, 0.3) is 21.3 Å². The third kappa shape index (κ3) is 8.85. The predicted octanol–water partition coefficient (Wildman–Crippen LogP) is 7.60. The smallest absolute Gasteiger partial charge is 0.268 e. The molecule has 0 saturated carbocycles. The fraction of sp³-hybridized carbons (Fsp3) is 0.250. The summed E-state index contributed by atoms with van der Waals surface area (Å²) in [5, 5.41) is 9.17. The maximum Gasteiger partial charge on any atom is 0.268 e. The molecule has 3 N–H and O–H groups in total. The number of ether oxygens (including phenoxy) is 1. The van der Waals surface area contributed by atoms with Crippen molar-refractivity contribution in [2.45, 2.75) is 37.3 Å². The molecule has 1 saturated heterocycles. The Morgan fingerprint density at radius 2 is 1.69 bits per heavy atom. The highest BCUT2D eigenvalue weighted by molar-refractivity contribution is 7.89. The first-order chi connectivity index (χ1) is 29.5. The maximum atomic E-state index is 14.3. The molecule has 14 nitrogen and oxygen atoms in total. The summed E-state index contributed by atoms with van der Waals surface area (Å²) >= 11 is 7.62. The van der Waals surface area contributed by atoms with Gasteiger partial charge in [-0.1, -0.05) is 11.6 Å². The highest BCUT2D eigenvalue weighted by atomic mass is 35.5. The second kappa shape index (κ2) is 17.1. The van der Waals surface area contributed by atoms with E-state index in [-0.39, 0.29) is 40.0 Å². The monoisotopic (exact) mass is 896 g/mol. The molecule has 0 radical (unpaired) electrons. The predicted molar refractivity (Wildman–Crippen MR) is 239 cm³/mol. The van der Waals surface area contributed by atoms with Crippen LogP contribution in [0.4, 0.5) is 27.1 Å². The lowest BCUT2D eigenvalue weighted by Gasteiger charge is -2.40. The zero-order valence-electron chi connectivity index (χ0n) is 34.1. The van der Waals surface area contributed by atoms with Crippen LogP contribution in [0.3, 0.4) is 0 Å². The third-order valence-electron chi connectivity index (χ3n) is 10.9. The van der Waals surface area contributed by atoms with E-state index in [2.05, 4.69) is 35.7 Å². The highest BCUT2D eigenvalue weighted by Crippen LogP contribution is 2.35. The molecule has 0 spiro atoms. The highest BCUT2D eigenvalue weighted by Gasteiger charge is 2.36. The molecule has 0 bridgehead atoms. The van der Waals surface area contributed by atoms with Gasteiger partial charge in [-0.25, -0.2) is 17.8 Å². The molecule has 3 aromatic carbocycles. The number of halogens is 2. The van der Waals surface area contributed by atoms with Gasteiger partial charge in [0.05, 0.1) is 21.8 Å². The number of sulfonamides is 1. The molecule has 1 fully saturated rings. The topological polar surface area (TPSA) is 166 Å². The number of carbonyl (C=O) groups excluding carboxylic acids is 3. The molecule has 5 heterocycles. The first kappa shape index (κ1) is 42.7. The lowest BCUT2D eigenvalue weighted by Crippen LogP contribution is -2.52. The minimum absolute atomic E-state index is 0.0246. The zero-order valence-corrected chi connectivity index (χ0v) is 36.5. The van der Waals surface area contributed by atoms with Crippen molar-refractivity contribution in [1.29, 1.82) is 0 Å². The van der Waals surface area contributed by atoms with Crippen LogP contribution in [0.15, 0.2) is 102 Å². The van der Waals surface area contributed by atoms with Crippen LogP contribution in [-0.4, -0.2) is 96.7 Å². The van der Waals surface area contributed by atoms with E-state index in [0.717, 1.165) is 23.2 Å². The molecule has 6 aromatic rings. The van der Waals surface area contributed by atoms with Crippen molar-refractivity contribution in [1.82, 2.24) is 19.2 Å². The van der Waals surface area contributed by atoms with Crippen molar-refractivity contribution < 1.29 is 31.9 Å². The van der Waals surface area contributed by atoms with Crippen molar-refractivity contribution in [3.05, 3.63) is 119 Å². The van der Waals surface area contributed by atoms with Crippen LogP contribution < -0.4 is 25.6 Å². The van der Waals surface area contributed by atoms with Crippen LogP contribution >= 0.6 is 22.9 Å². The van der Waals surface area contributed by atoms with Gasteiger partial charge in [0.15, 0.2) is 5.60 Å². The van der Waals surface area contributed by atoms with Crippen molar-refractivity contribution in [2.24, 2.45) is 0 Å². The van der Waals surface area contributed by atoms with Gasteiger partial charge in [-0.15, -0.1) is 11.3 Å². The fourth-order valence-electron chi connectivity index (χ4n) is 7.36. The number of pyridine rings is 2. The number of fused-ring (bicyclic) bond motifs is 2. The molecule has 0 aliphatic carbocycles. The Hall–Kier alpha value is -5.98. The van der Waals surface area contributed by atoms with E-state index < -0.39 is 27.3 Å². The van der Waals surface area contributed by atoms with Gasteiger partial charge >= 0.3 is 0 Å². The Labute approximate surface area is 366 Å². The molecular weight excluding hydrogens is 855 g/mol. The van der Waals surface area contributed by atoms with Gasteiger partial charge in [0.2, 0.25) is 10.0 Å². The number of nitrogens with one attached hydrogen (secondary N) is 3. The van der Waals surface area contributed by atoms with Gasteiger partial charge in [-0.3, -0.25) is 24.3 Å². The van der Waals surface area contributed by atoms with E-state index in [9.17, 15) is 27.2 Å². The van der Waals surface area contributed by atoms with Gasteiger partial charge in [0, 0.05) is 97.3 Å². The maximum absolute atomic E-state index is 14.3. The summed E-state index contributed by atoms with van der Waals surface area (Å²) in [6.45, 7) is 8.35. The van der Waals surface area contributed by atoms with E-state index in [4.69, 9.17) is 16.3 Å². The molecule has 1 atom stereocenters. The van der Waals surface area contributed by atoms with Gasteiger partial charge in [-0.2, -0.15) is 4.31 Å². The van der Waals surface area contributed by atoms with E-state index in [1.165, 1.54) is 41.9 Å². The minimum Gasteiger partial charge on any atom is -0.476 e. The number of amides is 3. The van der Waals surface area contributed by atoms with Crippen LogP contribution in [0.2, 0.25) is 5.02 Å². The fourth-order valence-corrected chi connectivity index (χ4v) is 9.99. The van der Waals surface area contributed by atoms with Crippen molar-refractivity contribution in [2.75, 3.05) is 60.6 Å². The third-order valence-corrected chi connectivity index (χ3v) is 14.3. The summed E-state index contributed by atoms with van der Waals surface area (Å²) in [5.74, 6) is -1.05. The molecule has 18 heteroatoms. The lowest BCUT2D eigenvalue weighted by atomic mass is 10.0. The number of benzene rings is 3. The van der Waals surface area contributed by atoms with Crippen molar-refractivity contribution in [3.8, 4) is 16.9 Å². The Bertz CT molecular complexity index is 2830. The first-order valence-corrected chi connectivity index (χ1v) is 22.3. The molecule has 320 valence electrons. The van der Waals surface area contributed by atoms with E-state index in [1.54, 1.807) is 50.2 Å². The van der Waals surface area contributed by atoms with E-state index >= 15 is 0 Å². The standard InChI is InChI=1S/C44H42ClFN8O6S2/c1-26(53-15-17-54(18-16-53)32-9-6-30(7-10-32)49-40(55)27-5-12-37-36(20-27)51-43(57)44(2,3)60-37)25-52(4)62(58,59)39-22-31(8-11-34(39)45)50-41(56)38-21-28-19-29(23-48-42(28)61-38)33-13-14-47-24-35(33)46/h5-14,19-24,26H,15-18,25H2,1-4H3,(H,49,55)(H,50,56)(H,51,57). The quantitative estimate of drug-likeness (QED) is 0.118. The molecule has 1 unspecified atom stereocenters.